The molecular weight excluding hydrogens is 384 g/mol. The first-order valence-electron chi connectivity index (χ1n) is 11.1. The zero-order chi connectivity index (χ0) is 21.4. The molecule has 0 aliphatic carbocycles. The second kappa shape index (κ2) is 8.29. The number of benzene rings is 3. The maximum absolute atomic E-state index is 13.9. The van der Waals surface area contributed by atoms with E-state index in [1.807, 2.05) is 36.4 Å². The number of rotatable bonds is 5. The van der Waals surface area contributed by atoms with Crippen LogP contribution in [0.15, 0.2) is 66.7 Å². The van der Waals surface area contributed by atoms with Crippen LogP contribution >= 0.6 is 0 Å². The number of morpholine rings is 1. The van der Waals surface area contributed by atoms with Gasteiger partial charge in [-0.2, -0.15) is 0 Å². The summed E-state index contributed by atoms with van der Waals surface area (Å²) in [7, 11) is 0. The van der Waals surface area contributed by atoms with Crippen LogP contribution in [-0.2, 0) is 4.74 Å². The van der Waals surface area contributed by atoms with Crippen LogP contribution < -0.4 is 0 Å². The van der Waals surface area contributed by atoms with E-state index >= 15 is 0 Å². The molecule has 0 unspecified atom stereocenters. The van der Waals surface area contributed by atoms with Gasteiger partial charge in [-0.05, 0) is 30.7 Å². The topological polar surface area (TPSA) is 34.5 Å². The van der Waals surface area contributed by atoms with Gasteiger partial charge < -0.3 is 9.30 Å². The van der Waals surface area contributed by atoms with Crippen LogP contribution in [0.3, 0.4) is 0 Å². The zero-order valence-corrected chi connectivity index (χ0v) is 18.2. The lowest BCUT2D eigenvalue weighted by atomic mass is 9.95. The summed E-state index contributed by atoms with van der Waals surface area (Å²) in [6, 6.07) is 22.7. The van der Waals surface area contributed by atoms with Gasteiger partial charge in [-0.1, -0.05) is 60.7 Å². The summed E-state index contributed by atoms with van der Waals surface area (Å²) < 4.78 is 7.86. The van der Waals surface area contributed by atoms with Gasteiger partial charge in [0.05, 0.1) is 18.8 Å². The Hall–Kier alpha value is -2.95. The van der Waals surface area contributed by atoms with Crippen molar-refractivity contribution in [3.63, 3.8) is 0 Å². The molecule has 0 radical (unpaired) electrons. The van der Waals surface area contributed by atoms with Crippen molar-refractivity contribution in [3.05, 3.63) is 83.6 Å². The summed E-state index contributed by atoms with van der Waals surface area (Å²) in [5.74, 6) is 0.0998. The molecular formula is C27H28N2O2. The Labute approximate surface area is 183 Å². The third-order valence-electron chi connectivity index (χ3n) is 6.48. The van der Waals surface area contributed by atoms with Crippen molar-refractivity contribution in [1.82, 2.24) is 9.47 Å². The Balaban J connectivity index is 1.61. The van der Waals surface area contributed by atoms with Crippen molar-refractivity contribution in [2.24, 2.45) is 0 Å². The highest BCUT2D eigenvalue weighted by molar-refractivity contribution is 6.22. The van der Waals surface area contributed by atoms with Gasteiger partial charge in [0.15, 0.2) is 5.78 Å². The standard InChI is InChI=1S/C27H28N2O2/c1-19(18-28-14-16-31-17-15-28)29-20(2)26(24-11-5-6-13-25(24)29)27(30)23-12-7-9-21-8-3-4-10-22(21)23/h3-13,19H,14-18H2,1-2H3/t19-/m1/s1. The molecule has 31 heavy (non-hydrogen) atoms. The predicted octanol–water partition coefficient (Wildman–Crippen LogP) is 5.23. The van der Waals surface area contributed by atoms with Gasteiger partial charge in [-0.3, -0.25) is 9.69 Å². The van der Waals surface area contributed by atoms with E-state index in [1.165, 1.54) is 0 Å². The zero-order valence-electron chi connectivity index (χ0n) is 18.2. The lowest BCUT2D eigenvalue weighted by molar-refractivity contribution is 0.0327. The Bertz CT molecular complexity index is 1250. The van der Waals surface area contributed by atoms with Gasteiger partial charge in [0.1, 0.15) is 0 Å². The second-order valence-electron chi connectivity index (χ2n) is 8.47. The van der Waals surface area contributed by atoms with E-state index in [4.69, 9.17) is 4.74 Å². The Morgan fingerprint density at radius 1 is 0.935 bits per heavy atom. The van der Waals surface area contributed by atoms with E-state index in [2.05, 4.69) is 53.6 Å². The summed E-state index contributed by atoms with van der Waals surface area (Å²) in [5, 5.41) is 3.13. The second-order valence-corrected chi connectivity index (χ2v) is 8.47. The largest absolute Gasteiger partial charge is 0.379 e. The normalized spacial score (nSPS) is 16.1. The van der Waals surface area contributed by atoms with E-state index in [0.29, 0.717) is 0 Å². The van der Waals surface area contributed by atoms with Crippen LogP contribution in [0.1, 0.15) is 34.6 Å². The molecule has 3 aromatic carbocycles. The van der Waals surface area contributed by atoms with Gasteiger partial charge in [0.25, 0.3) is 0 Å². The van der Waals surface area contributed by atoms with E-state index in [9.17, 15) is 4.79 Å². The number of ether oxygens (including phenoxy) is 1. The third-order valence-corrected chi connectivity index (χ3v) is 6.48. The number of carbonyl (C=O) groups is 1. The van der Waals surface area contributed by atoms with Crippen LogP contribution in [0, 0.1) is 6.92 Å². The molecule has 0 spiro atoms. The van der Waals surface area contributed by atoms with Crippen LogP contribution in [0.4, 0.5) is 0 Å². The first-order valence-corrected chi connectivity index (χ1v) is 11.1. The highest BCUT2D eigenvalue weighted by atomic mass is 16.5. The van der Waals surface area contributed by atoms with Crippen molar-refractivity contribution in [2.75, 3.05) is 32.8 Å². The molecule has 4 aromatic rings. The highest BCUT2D eigenvalue weighted by Crippen LogP contribution is 2.32. The Morgan fingerprint density at radius 2 is 1.61 bits per heavy atom. The molecule has 158 valence electrons. The predicted molar refractivity (Wildman–Crippen MR) is 126 cm³/mol. The fraction of sp³-hybridized carbons (Fsp3) is 0.296. The van der Waals surface area contributed by atoms with E-state index in [1.54, 1.807) is 0 Å². The van der Waals surface area contributed by atoms with Crippen LogP contribution in [0.2, 0.25) is 0 Å². The van der Waals surface area contributed by atoms with E-state index in [0.717, 1.165) is 71.3 Å². The van der Waals surface area contributed by atoms with Crippen LogP contribution in [-0.4, -0.2) is 48.1 Å². The summed E-state index contributed by atoms with van der Waals surface area (Å²) in [6.07, 6.45) is 0. The molecule has 0 N–H and O–H groups in total. The number of nitrogens with zero attached hydrogens (tertiary/aromatic N) is 2. The number of hydrogen-bond donors (Lipinski definition) is 0. The van der Waals surface area contributed by atoms with Crippen molar-refractivity contribution in [3.8, 4) is 0 Å². The molecule has 1 saturated heterocycles. The van der Waals surface area contributed by atoms with Gasteiger partial charge in [0.2, 0.25) is 0 Å². The Morgan fingerprint density at radius 3 is 2.42 bits per heavy atom. The van der Waals surface area contributed by atoms with Crippen molar-refractivity contribution in [2.45, 2.75) is 19.9 Å². The van der Waals surface area contributed by atoms with Gasteiger partial charge in [-0.15, -0.1) is 0 Å². The summed E-state index contributed by atoms with van der Waals surface area (Å²) in [4.78, 5) is 16.3. The molecule has 0 bridgehead atoms. The molecule has 5 rings (SSSR count). The first kappa shape index (κ1) is 20.0. The molecule has 1 aromatic heterocycles. The smallest absolute Gasteiger partial charge is 0.196 e. The fourth-order valence-electron chi connectivity index (χ4n) is 5.04. The number of carbonyl (C=O) groups excluding carboxylic acids is 1. The van der Waals surface area contributed by atoms with Gasteiger partial charge in [0, 0.05) is 47.8 Å². The monoisotopic (exact) mass is 412 g/mol. The molecule has 0 amide bonds. The SMILES string of the molecule is Cc1c(C(=O)c2cccc3ccccc23)c2ccccc2n1[C@H](C)CN1CCOCC1. The quantitative estimate of drug-likeness (QED) is 0.421. The summed E-state index contributed by atoms with van der Waals surface area (Å²) >= 11 is 0. The minimum atomic E-state index is 0.0998. The van der Waals surface area contributed by atoms with Gasteiger partial charge >= 0.3 is 0 Å². The number of fused-ring (bicyclic) bond motifs is 2. The molecule has 0 saturated carbocycles. The summed E-state index contributed by atoms with van der Waals surface area (Å²) in [5.41, 5.74) is 3.76. The lowest BCUT2D eigenvalue weighted by Crippen LogP contribution is -2.39. The van der Waals surface area contributed by atoms with Crippen molar-refractivity contribution in [1.29, 1.82) is 0 Å². The number of ketones is 1. The maximum atomic E-state index is 13.9. The maximum Gasteiger partial charge on any atom is 0.196 e. The van der Waals surface area contributed by atoms with Crippen LogP contribution in [0.25, 0.3) is 21.7 Å². The summed E-state index contributed by atoms with van der Waals surface area (Å²) in [6.45, 7) is 8.81. The van der Waals surface area contributed by atoms with E-state index < -0.39 is 0 Å². The average Bonchev–Trinajstić information content (AvgIpc) is 3.10. The minimum Gasteiger partial charge on any atom is -0.379 e. The van der Waals surface area contributed by atoms with Crippen LogP contribution in [0.5, 0.6) is 0 Å². The molecule has 1 fully saturated rings. The highest BCUT2D eigenvalue weighted by Gasteiger charge is 2.25. The lowest BCUT2D eigenvalue weighted by Gasteiger charge is -2.30. The number of hydrogen-bond acceptors (Lipinski definition) is 3. The van der Waals surface area contributed by atoms with E-state index in [-0.39, 0.29) is 11.8 Å². The minimum absolute atomic E-state index is 0.0998. The molecule has 4 heteroatoms. The molecule has 1 aliphatic heterocycles. The molecule has 1 aliphatic rings. The average molecular weight is 413 g/mol. The Kier molecular flexibility index (Phi) is 5.34. The molecule has 1 atom stereocenters. The van der Waals surface area contributed by atoms with Crippen molar-refractivity contribution < 1.29 is 9.53 Å². The first-order chi connectivity index (χ1) is 15.1. The number of aromatic nitrogens is 1. The molecule has 4 nitrogen and oxygen atoms in total. The fourth-order valence-corrected chi connectivity index (χ4v) is 5.04. The van der Waals surface area contributed by atoms with Gasteiger partial charge in [-0.25, -0.2) is 0 Å². The van der Waals surface area contributed by atoms with Crippen molar-refractivity contribution >= 4 is 27.5 Å². The number of para-hydroxylation sites is 1. The molecule has 2 heterocycles. The third kappa shape index (κ3) is 3.56.